The molecule has 0 aliphatic heterocycles. The number of thioether (sulfide) groups is 1. The van der Waals surface area contributed by atoms with Gasteiger partial charge in [0.1, 0.15) is 5.82 Å². The van der Waals surface area contributed by atoms with Crippen LogP contribution in [0.2, 0.25) is 0 Å². The number of carbonyl (C=O) groups excluding carboxylic acids is 2. The number of anilines is 1. The Balaban J connectivity index is 2.26. The molecule has 2 aromatic heterocycles. The van der Waals surface area contributed by atoms with Crippen molar-refractivity contribution in [2.24, 2.45) is 0 Å². The first-order valence-corrected chi connectivity index (χ1v) is 8.10. The van der Waals surface area contributed by atoms with Gasteiger partial charge in [-0.15, -0.1) is 0 Å². The summed E-state index contributed by atoms with van der Waals surface area (Å²) >= 11 is 1.25. The van der Waals surface area contributed by atoms with Crippen molar-refractivity contribution in [2.75, 3.05) is 5.73 Å². The molecular weight excluding hydrogens is 312 g/mol. The number of nitrogens with one attached hydrogen (secondary N) is 1. The number of rotatable bonds is 5. The third-order valence-corrected chi connectivity index (χ3v) is 4.50. The Morgan fingerprint density at radius 1 is 1.26 bits per heavy atom. The Morgan fingerprint density at radius 3 is 2.43 bits per heavy atom. The van der Waals surface area contributed by atoms with Crippen LogP contribution in [0.1, 0.15) is 51.6 Å². The maximum atomic E-state index is 12.7. The lowest BCUT2D eigenvalue weighted by Gasteiger charge is -2.10. The summed E-state index contributed by atoms with van der Waals surface area (Å²) in [5.74, 6) is 0.239. The van der Waals surface area contributed by atoms with E-state index in [0.717, 1.165) is 5.69 Å². The molecule has 0 saturated carbocycles. The van der Waals surface area contributed by atoms with Gasteiger partial charge in [0.2, 0.25) is 0 Å². The second-order valence-corrected chi connectivity index (χ2v) is 6.83. The van der Waals surface area contributed by atoms with Gasteiger partial charge in [-0.25, -0.2) is 9.97 Å². The molecular formula is C16H20N4O2S. The summed E-state index contributed by atoms with van der Waals surface area (Å²) in [7, 11) is 0. The molecule has 0 amide bonds. The van der Waals surface area contributed by atoms with Crippen LogP contribution in [0.15, 0.2) is 11.2 Å². The van der Waals surface area contributed by atoms with Gasteiger partial charge in [0.05, 0.1) is 10.9 Å². The van der Waals surface area contributed by atoms with Gasteiger partial charge in [-0.05, 0) is 40.2 Å². The first kappa shape index (κ1) is 17.2. The van der Waals surface area contributed by atoms with Gasteiger partial charge in [0.15, 0.2) is 16.7 Å². The van der Waals surface area contributed by atoms with E-state index in [-0.39, 0.29) is 11.6 Å². The summed E-state index contributed by atoms with van der Waals surface area (Å²) in [6.45, 7) is 8.69. The summed E-state index contributed by atoms with van der Waals surface area (Å²) in [5, 5.41) is 0.0730. The topological polar surface area (TPSA) is 102 Å². The molecule has 0 aliphatic rings. The predicted molar refractivity (Wildman–Crippen MR) is 91.1 cm³/mol. The number of nitrogens with two attached hydrogens (primary N) is 1. The molecule has 0 aromatic carbocycles. The Labute approximate surface area is 139 Å². The number of aromatic amines is 1. The van der Waals surface area contributed by atoms with E-state index in [1.165, 1.54) is 18.7 Å². The van der Waals surface area contributed by atoms with Crippen LogP contribution in [0.4, 0.5) is 5.82 Å². The van der Waals surface area contributed by atoms with Crippen LogP contribution in [0.3, 0.4) is 0 Å². The molecule has 3 N–H and O–H groups in total. The zero-order valence-electron chi connectivity index (χ0n) is 13.9. The lowest BCUT2D eigenvalue weighted by atomic mass is 10.0. The van der Waals surface area contributed by atoms with Gasteiger partial charge >= 0.3 is 0 Å². The number of nitrogen functional groups attached to an aromatic ring is 1. The zero-order chi connectivity index (χ0) is 17.3. The van der Waals surface area contributed by atoms with Crippen molar-refractivity contribution in [3.05, 3.63) is 34.3 Å². The van der Waals surface area contributed by atoms with Gasteiger partial charge in [-0.3, -0.25) is 9.59 Å². The summed E-state index contributed by atoms with van der Waals surface area (Å²) in [6, 6.07) is 1.67. The Hall–Kier alpha value is -2.15. The first-order valence-electron chi connectivity index (χ1n) is 7.22. The molecule has 122 valence electrons. The monoisotopic (exact) mass is 332 g/mol. The average molecular weight is 332 g/mol. The average Bonchev–Trinajstić information content (AvgIpc) is 2.71. The van der Waals surface area contributed by atoms with Gasteiger partial charge in [-0.2, -0.15) is 0 Å². The number of aryl methyl sites for hydroxylation is 2. The smallest absolute Gasteiger partial charge is 0.192 e. The molecule has 1 atom stereocenters. The minimum Gasteiger partial charge on any atom is -0.384 e. The minimum absolute atomic E-state index is 0.0506. The van der Waals surface area contributed by atoms with Gasteiger partial charge in [-0.1, -0.05) is 11.8 Å². The first-order chi connectivity index (χ1) is 10.7. The standard InChI is InChI=1S/C16H20N4O2S/c1-7-6-12(17)20-16(18-7)23-11(5)15(22)14-8(2)13(10(4)21)9(3)19-14/h6,11,19H,1-5H3,(H2,17,18,20). The number of Topliss-reactive ketones (excluding diaryl/α,β-unsaturated/α-hetero) is 2. The Morgan fingerprint density at radius 2 is 1.91 bits per heavy atom. The molecule has 7 heteroatoms. The van der Waals surface area contributed by atoms with Crippen LogP contribution in [0, 0.1) is 20.8 Å². The zero-order valence-corrected chi connectivity index (χ0v) is 14.7. The van der Waals surface area contributed by atoms with Gasteiger partial charge in [0.25, 0.3) is 0 Å². The number of H-pyrrole nitrogens is 1. The number of ketones is 2. The lowest BCUT2D eigenvalue weighted by molar-refractivity contribution is 0.0988. The van der Waals surface area contributed by atoms with Crippen molar-refractivity contribution in [3.63, 3.8) is 0 Å². The molecule has 1 unspecified atom stereocenters. The molecule has 0 spiro atoms. The van der Waals surface area contributed by atoms with E-state index >= 15 is 0 Å². The van der Waals surface area contributed by atoms with Crippen LogP contribution in [0.5, 0.6) is 0 Å². The Bertz CT molecular complexity index is 762. The minimum atomic E-state index is -0.396. The fraction of sp³-hybridized carbons (Fsp3) is 0.375. The summed E-state index contributed by atoms with van der Waals surface area (Å²) in [6.07, 6.45) is 0. The highest BCUT2D eigenvalue weighted by Crippen LogP contribution is 2.26. The summed E-state index contributed by atoms with van der Waals surface area (Å²) in [4.78, 5) is 35.8. The van der Waals surface area contributed by atoms with Gasteiger partial charge < -0.3 is 10.7 Å². The van der Waals surface area contributed by atoms with Crippen molar-refractivity contribution in [1.82, 2.24) is 15.0 Å². The number of hydrogen-bond acceptors (Lipinski definition) is 6. The lowest BCUT2D eigenvalue weighted by Crippen LogP contribution is -2.16. The molecule has 2 heterocycles. The molecule has 0 aliphatic carbocycles. The second kappa shape index (κ2) is 6.54. The highest BCUT2D eigenvalue weighted by Gasteiger charge is 2.25. The van der Waals surface area contributed by atoms with E-state index in [1.54, 1.807) is 26.8 Å². The number of carbonyl (C=O) groups is 2. The SMILES string of the molecule is CC(=O)c1c(C)[nH]c(C(=O)C(C)Sc2nc(C)cc(N)n2)c1C. The number of nitrogens with zero attached hydrogens (tertiary/aromatic N) is 2. The van der Waals surface area contributed by atoms with Crippen molar-refractivity contribution < 1.29 is 9.59 Å². The van der Waals surface area contributed by atoms with Crippen LogP contribution >= 0.6 is 11.8 Å². The summed E-state index contributed by atoms with van der Waals surface area (Å²) in [5.41, 5.74) is 8.92. The molecule has 0 radical (unpaired) electrons. The van der Waals surface area contributed by atoms with Crippen LogP contribution in [0.25, 0.3) is 0 Å². The molecule has 0 fully saturated rings. The third kappa shape index (κ3) is 3.61. The molecule has 0 saturated heterocycles. The van der Waals surface area contributed by atoms with Crippen molar-refractivity contribution in [2.45, 2.75) is 45.0 Å². The van der Waals surface area contributed by atoms with Crippen LogP contribution in [-0.2, 0) is 0 Å². The quantitative estimate of drug-likeness (QED) is 0.496. The second-order valence-electron chi connectivity index (χ2n) is 5.52. The van der Waals surface area contributed by atoms with E-state index in [1.807, 2.05) is 6.92 Å². The fourth-order valence-electron chi connectivity index (χ4n) is 2.56. The number of hydrogen-bond donors (Lipinski definition) is 2. The molecule has 6 nitrogen and oxygen atoms in total. The van der Waals surface area contributed by atoms with E-state index < -0.39 is 5.25 Å². The van der Waals surface area contributed by atoms with Crippen LogP contribution < -0.4 is 5.73 Å². The van der Waals surface area contributed by atoms with Crippen molar-refractivity contribution in [1.29, 1.82) is 0 Å². The highest BCUT2D eigenvalue weighted by molar-refractivity contribution is 8.00. The maximum Gasteiger partial charge on any atom is 0.192 e. The van der Waals surface area contributed by atoms with Crippen LogP contribution in [-0.4, -0.2) is 31.8 Å². The predicted octanol–water partition coefficient (Wildman–Crippen LogP) is 2.88. The molecule has 2 aromatic rings. The van der Waals surface area contributed by atoms with Crippen molar-refractivity contribution in [3.8, 4) is 0 Å². The molecule has 0 bridgehead atoms. The van der Waals surface area contributed by atoms with E-state index in [9.17, 15) is 9.59 Å². The number of aromatic nitrogens is 3. The van der Waals surface area contributed by atoms with E-state index in [4.69, 9.17) is 5.73 Å². The molecule has 2 rings (SSSR count). The van der Waals surface area contributed by atoms with Crippen molar-refractivity contribution >= 4 is 29.1 Å². The summed E-state index contributed by atoms with van der Waals surface area (Å²) < 4.78 is 0. The maximum absolute atomic E-state index is 12.7. The molecule has 23 heavy (non-hydrogen) atoms. The fourth-order valence-corrected chi connectivity index (χ4v) is 3.45. The normalized spacial score (nSPS) is 12.2. The van der Waals surface area contributed by atoms with E-state index in [0.29, 0.717) is 33.5 Å². The Kier molecular flexibility index (Phi) is 4.89. The van der Waals surface area contributed by atoms with Gasteiger partial charge in [0, 0.05) is 23.0 Å². The highest BCUT2D eigenvalue weighted by atomic mass is 32.2. The largest absolute Gasteiger partial charge is 0.384 e. The van der Waals surface area contributed by atoms with E-state index in [2.05, 4.69) is 15.0 Å². The third-order valence-electron chi connectivity index (χ3n) is 3.54.